The number of anilines is 1. The van der Waals surface area contributed by atoms with Crippen molar-refractivity contribution in [1.82, 2.24) is 4.98 Å². The minimum Gasteiger partial charge on any atom is -0.320 e. The Hall–Kier alpha value is -1.52. The molecule has 0 unspecified atom stereocenters. The van der Waals surface area contributed by atoms with E-state index in [1.165, 1.54) is 0 Å². The molecule has 1 aromatic heterocycles. The Morgan fingerprint density at radius 3 is 2.33 bits per heavy atom. The van der Waals surface area contributed by atoms with Gasteiger partial charge in [-0.05, 0) is 36.8 Å². The van der Waals surface area contributed by atoms with Gasteiger partial charge < -0.3 is 5.32 Å². The van der Waals surface area contributed by atoms with Crippen molar-refractivity contribution in [3.05, 3.63) is 67.7 Å². The third-order valence-electron chi connectivity index (χ3n) is 3.52. The molecule has 3 rings (SSSR count). The van der Waals surface area contributed by atoms with Gasteiger partial charge in [-0.1, -0.05) is 52.5 Å². The summed E-state index contributed by atoms with van der Waals surface area (Å²) in [4.78, 5) is 16.9. The zero-order valence-electron chi connectivity index (χ0n) is 12.3. The van der Waals surface area contributed by atoms with Crippen LogP contribution in [0, 0.1) is 6.92 Å². The van der Waals surface area contributed by atoms with Gasteiger partial charge in [0.15, 0.2) is 0 Å². The number of hydrogen-bond donors (Lipinski definition) is 1. The smallest absolute Gasteiger partial charge is 0.258 e. The molecule has 1 N–H and O–H groups in total. The highest BCUT2D eigenvalue weighted by molar-refractivity contribution is 6.43. The van der Waals surface area contributed by atoms with Crippen molar-refractivity contribution >= 4 is 68.9 Å². The van der Waals surface area contributed by atoms with Crippen molar-refractivity contribution in [3.8, 4) is 0 Å². The fourth-order valence-corrected chi connectivity index (χ4v) is 3.43. The maximum Gasteiger partial charge on any atom is 0.258 e. The average molecular weight is 400 g/mol. The summed E-state index contributed by atoms with van der Waals surface area (Å²) in [6.45, 7) is 1.83. The first-order chi connectivity index (χ1) is 11.4. The summed E-state index contributed by atoms with van der Waals surface area (Å²) in [5, 5.41) is 4.84. The van der Waals surface area contributed by atoms with Gasteiger partial charge in [0.2, 0.25) is 0 Å². The number of fused-ring (bicyclic) bond motifs is 1. The highest BCUT2D eigenvalue weighted by Crippen LogP contribution is 2.36. The lowest BCUT2D eigenvalue weighted by molar-refractivity contribution is 0.102. The molecule has 1 heterocycles. The van der Waals surface area contributed by atoms with Crippen molar-refractivity contribution in [2.45, 2.75) is 6.92 Å². The maximum absolute atomic E-state index is 12.6. The maximum atomic E-state index is 12.6. The van der Waals surface area contributed by atoms with Crippen LogP contribution in [0.3, 0.4) is 0 Å². The van der Waals surface area contributed by atoms with Crippen LogP contribution in [0.1, 0.15) is 15.9 Å². The molecule has 24 heavy (non-hydrogen) atoms. The number of benzene rings is 2. The summed E-state index contributed by atoms with van der Waals surface area (Å²) in [5.41, 5.74) is 1.96. The van der Waals surface area contributed by atoms with E-state index < -0.39 is 5.91 Å². The van der Waals surface area contributed by atoms with Crippen molar-refractivity contribution in [2.24, 2.45) is 0 Å². The molecular weight excluding hydrogens is 390 g/mol. The van der Waals surface area contributed by atoms with Crippen LogP contribution in [-0.4, -0.2) is 10.9 Å². The van der Waals surface area contributed by atoms with Gasteiger partial charge in [0, 0.05) is 11.6 Å². The standard InChI is InChI=1S/C17H10Cl4N2O/c1-8-7-22-16-12(6-5-11(20)14(16)15(8)21)23-17(24)13-9(18)3-2-4-10(13)19/h2-7H,1H3,(H,23,24). The molecule has 0 fully saturated rings. The molecule has 2 aromatic carbocycles. The number of halogens is 4. The Labute approximate surface area is 158 Å². The van der Waals surface area contributed by atoms with Gasteiger partial charge in [-0.25, -0.2) is 0 Å². The third kappa shape index (κ3) is 3.05. The number of nitrogens with one attached hydrogen (secondary N) is 1. The molecule has 0 saturated heterocycles. The van der Waals surface area contributed by atoms with E-state index in [0.717, 1.165) is 5.56 Å². The lowest BCUT2D eigenvalue weighted by Crippen LogP contribution is -2.13. The molecule has 122 valence electrons. The van der Waals surface area contributed by atoms with E-state index in [1.807, 2.05) is 6.92 Å². The Kier molecular flexibility index (Phi) is 4.88. The molecule has 0 aliphatic carbocycles. The van der Waals surface area contributed by atoms with Gasteiger partial charge >= 0.3 is 0 Å². The summed E-state index contributed by atoms with van der Waals surface area (Å²) in [5.74, 6) is -0.437. The van der Waals surface area contributed by atoms with Crippen LogP contribution in [0.5, 0.6) is 0 Å². The van der Waals surface area contributed by atoms with E-state index in [0.29, 0.717) is 26.6 Å². The summed E-state index contributed by atoms with van der Waals surface area (Å²) >= 11 is 24.7. The first-order valence-electron chi connectivity index (χ1n) is 6.89. The van der Waals surface area contributed by atoms with E-state index in [-0.39, 0.29) is 15.6 Å². The van der Waals surface area contributed by atoms with Crippen LogP contribution >= 0.6 is 46.4 Å². The van der Waals surface area contributed by atoms with E-state index in [9.17, 15) is 4.79 Å². The average Bonchev–Trinajstić information content (AvgIpc) is 2.53. The second kappa shape index (κ2) is 6.77. The molecule has 0 aliphatic heterocycles. The van der Waals surface area contributed by atoms with Crippen molar-refractivity contribution in [3.63, 3.8) is 0 Å². The summed E-state index contributed by atoms with van der Waals surface area (Å²) < 4.78 is 0. The molecule has 0 bridgehead atoms. The largest absolute Gasteiger partial charge is 0.320 e. The number of carbonyl (C=O) groups is 1. The normalized spacial score (nSPS) is 10.9. The number of aryl methyl sites for hydroxylation is 1. The van der Waals surface area contributed by atoms with Crippen LogP contribution < -0.4 is 5.32 Å². The van der Waals surface area contributed by atoms with E-state index in [2.05, 4.69) is 10.3 Å². The molecule has 3 aromatic rings. The Balaban J connectivity index is 2.10. The van der Waals surface area contributed by atoms with E-state index >= 15 is 0 Å². The van der Waals surface area contributed by atoms with Gasteiger partial charge in [-0.2, -0.15) is 0 Å². The van der Waals surface area contributed by atoms with Gasteiger partial charge in [-0.15, -0.1) is 0 Å². The quantitative estimate of drug-likeness (QED) is 0.540. The van der Waals surface area contributed by atoms with Crippen LogP contribution in [0.4, 0.5) is 5.69 Å². The summed E-state index contributed by atoms with van der Waals surface area (Å²) in [6, 6.07) is 8.18. The number of aromatic nitrogens is 1. The Morgan fingerprint density at radius 1 is 1.00 bits per heavy atom. The fraction of sp³-hybridized carbons (Fsp3) is 0.0588. The molecule has 0 spiro atoms. The fourth-order valence-electron chi connectivity index (χ4n) is 2.33. The van der Waals surface area contributed by atoms with Crippen LogP contribution in [0.2, 0.25) is 20.1 Å². The van der Waals surface area contributed by atoms with Gasteiger partial charge in [0.25, 0.3) is 5.91 Å². The number of nitrogens with zero attached hydrogens (tertiary/aromatic N) is 1. The van der Waals surface area contributed by atoms with E-state index in [1.54, 1.807) is 36.5 Å². The molecule has 0 radical (unpaired) electrons. The molecule has 1 amide bonds. The molecule has 3 nitrogen and oxygen atoms in total. The number of amides is 1. The van der Waals surface area contributed by atoms with Crippen molar-refractivity contribution in [2.75, 3.05) is 5.32 Å². The predicted molar refractivity (Wildman–Crippen MR) is 101 cm³/mol. The number of rotatable bonds is 2. The highest BCUT2D eigenvalue weighted by atomic mass is 35.5. The Bertz CT molecular complexity index is 952. The van der Waals surface area contributed by atoms with Crippen molar-refractivity contribution in [1.29, 1.82) is 0 Å². The highest BCUT2D eigenvalue weighted by Gasteiger charge is 2.18. The lowest BCUT2D eigenvalue weighted by atomic mass is 10.1. The minimum atomic E-state index is -0.437. The predicted octanol–water partition coefficient (Wildman–Crippen LogP) is 6.41. The van der Waals surface area contributed by atoms with Gasteiger partial charge in [0.05, 0.1) is 36.9 Å². The van der Waals surface area contributed by atoms with Crippen molar-refractivity contribution < 1.29 is 4.79 Å². The molecule has 0 aliphatic rings. The lowest BCUT2D eigenvalue weighted by Gasteiger charge is -2.12. The zero-order chi connectivity index (χ0) is 17.4. The first-order valence-corrected chi connectivity index (χ1v) is 8.40. The summed E-state index contributed by atoms with van der Waals surface area (Å²) in [6.07, 6.45) is 1.62. The van der Waals surface area contributed by atoms with Gasteiger partial charge in [-0.3, -0.25) is 9.78 Å². The minimum absolute atomic E-state index is 0.196. The second-order valence-electron chi connectivity index (χ2n) is 5.12. The summed E-state index contributed by atoms with van der Waals surface area (Å²) in [7, 11) is 0. The van der Waals surface area contributed by atoms with Crippen LogP contribution in [-0.2, 0) is 0 Å². The molecule has 7 heteroatoms. The van der Waals surface area contributed by atoms with Crippen LogP contribution in [0.25, 0.3) is 10.9 Å². The third-order valence-corrected chi connectivity index (χ3v) is 4.95. The number of hydrogen-bond acceptors (Lipinski definition) is 2. The molecular formula is C17H10Cl4N2O. The topological polar surface area (TPSA) is 42.0 Å². The molecule has 0 saturated carbocycles. The zero-order valence-corrected chi connectivity index (χ0v) is 15.4. The Morgan fingerprint density at radius 2 is 1.67 bits per heavy atom. The van der Waals surface area contributed by atoms with Gasteiger partial charge in [0.1, 0.15) is 0 Å². The van der Waals surface area contributed by atoms with E-state index in [4.69, 9.17) is 46.4 Å². The SMILES string of the molecule is Cc1cnc2c(NC(=O)c3c(Cl)cccc3Cl)ccc(Cl)c2c1Cl. The van der Waals surface area contributed by atoms with Crippen LogP contribution in [0.15, 0.2) is 36.5 Å². The first kappa shape index (κ1) is 17.3. The number of carbonyl (C=O) groups excluding carboxylic acids is 1. The monoisotopic (exact) mass is 398 g/mol. The second-order valence-corrected chi connectivity index (χ2v) is 6.72. The number of pyridine rings is 1. The molecule has 0 atom stereocenters.